The molecule has 0 aromatic heterocycles. The Morgan fingerprint density at radius 1 is 0.231 bits per heavy atom. The van der Waals surface area contributed by atoms with Crippen LogP contribution in [0, 0.1) is 13.8 Å². The van der Waals surface area contributed by atoms with Gasteiger partial charge in [0.2, 0.25) is 0 Å². The summed E-state index contributed by atoms with van der Waals surface area (Å²) in [7, 11) is 0. The first-order valence-electron chi connectivity index (χ1n) is 28.9. The van der Waals surface area contributed by atoms with Crippen molar-refractivity contribution < 1.29 is 0 Å². The molecule has 0 saturated heterocycles. The zero-order chi connectivity index (χ0) is 53.6. The van der Waals surface area contributed by atoms with E-state index in [0.29, 0.717) is 0 Å². The van der Waals surface area contributed by atoms with E-state index in [1.165, 1.54) is 177 Å². The number of fused-ring (bicyclic) bond motifs is 12. The van der Waals surface area contributed by atoms with Crippen molar-refractivity contribution in [2.24, 2.45) is 0 Å². The van der Waals surface area contributed by atoms with E-state index in [1.807, 2.05) is 0 Å². The Morgan fingerprint density at radius 3 is 0.936 bits per heavy atom. The standard InChI is InChI=1S/C78H66/c1-39-29-31-45(47-23-17-15-21-43(39)47)41-33-57-65-59(35-41)77(11,12)71-67(65)63-49(25-19-27-53(63)73(57,3)4)61-51-37-56-52(38-55(51)75(7,8)69(61)71)62-50-26-20-28-54-64(50)68-66-58(74(54,5)6)34-42(46-32-30-40(2)44-22-16-18-24-48(44)46)36-60(66)78(13,14)72(68)70(62)76(56,9)10/h15-38H,1-14H3. The van der Waals surface area contributed by atoms with Crippen LogP contribution < -0.4 is 0 Å². The van der Waals surface area contributed by atoms with Gasteiger partial charge in [-0.1, -0.05) is 192 Å². The Morgan fingerprint density at radius 2 is 0.551 bits per heavy atom. The first kappa shape index (κ1) is 45.5. The van der Waals surface area contributed by atoms with Crippen molar-refractivity contribution in [2.45, 2.75) is 129 Å². The lowest BCUT2D eigenvalue weighted by Crippen LogP contribution is -2.25. The molecule has 11 aromatic carbocycles. The molecule has 6 aliphatic carbocycles. The van der Waals surface area contributed by atoms with Gasteiger partial charge in [0.1, 0.15) is 0 Å². The number of aryl methyl sites for hydroxylation is 2. The normalized spacial score (nSPS) is 18.2. The molecule has 0 heteroatoms. The van der Waals surface area contributed by atoms with E-state index in [2.05, 4.69) is 243 Å². The van der Waals surface area contributed by atoms with Gasteiger partial charge < -0.3 is 0 Å². The summed E-state index contributed by atoms with van der Waals surface area (Å²) in [4.78, 5) is 0. The van der Waals surface area contributed by atoms with Gasteiger partial charge >= 0.3 is 0 Å². The van der Waals surface area contributed by atoms with Gasteiger partial charge in [-0.15, -0.1) is 0 Å². The van der Waals surface area contributed by atoms with Crippen LogP contribution in [0.3, 0.4) is 0 Å². The molecule has 0 atom stereocenters. The summed E-state index contributed by atoms with van der Waals surface area (Å²) in [6.45, 7) is 35.0. The average Bonchev–Trinajstić information content (AvgIpc) is 4.17. The summed E-state index contributed by atoms with van der Waals surface area (Å²) in [6, 6.07) is 57.9. The third kappa shape index (κ3) is 4.89. The molecule has 378 valence electrons. The molecule has 17 rings (SSSR count). The molecular formula is C78H66. The van der Waals surface area contributed by atoms with E-state index in [9.17, 15) is 0 Å². The predicted octanol–water partition coefficient (Wildman–Crippen LogP) is 20.8. The van der Waals surface area contributed by atoms with Crippen molar-refractivity contribution >= 4 is 43.1 Å². The second-order valence-corrected chi connectivity index (χ2v) is 28.0. The van der Waals surface area contributed by atoms with Crippen LogP contribution in [-0.2, 0) is 32.5 Å². The Balaban J connectivity index is 0.917. The van der Waals surface area contributed by atoms with Crippen molar-refractivity contribution in [1.82, 2.24) is 0 Å². The highest BCUT2D eigenvalue weighted by atomic mass is 14.6. The summed E-state index contributed by atoms with van der Waals surface area (Å²) < 4.78 is 0. The van der Waals surface area contributed by atoms with Gasteiger partial charge in [0.05, 0.1) is 0 Å². The number of rotatable bonds is 2. The van der Waals surface area contributed by atoms with Gasteiger partial charge in [0.15, 0.2) is 0 Å². The first-order chi connectivity index (χ1) is 37.1. The van der Waals surface area contributed by atoms with Gasteiger partial charge in [-0.2, -0.15) is 0 Å². The molecule has 0 amide bonds. The highest BCUT2D eigenvalue weighted by molar-refractivity contribution is 6.20. The summed E-state index contributed by atoms with van der Waals surface area (Å²) >= 11 is 0. The van der Waals surface area contributed by atoms with Gasteiger partial charge in [0, 0.05) is 32.5 Å². The number of hydrogen-bond acceptors (Lipinski definition) is 0. The largest absolute Gasteiger partial charge is 0.0616 e. The molecule has 0 saturated carbocycles. The number of hydrogen-bond donors (Lipinski definition) is 0. The molecule has 11 aromatic rings. The van der Waals surface area contributed by atoms with E-state index in [-0.39, 0.29) is 32.5 Å². The fourth-order valence-electron chi connectivity index (χ4n) is 18.1. The fourth-order valence-corrected chi connectivity index (χ4v) is 18.1. The van der Waals surface area contributed by atoms with Crippen molar-refractivity contribution in [2.75, 3.05) is 0 Å². The van der Waals surface area contributed by atoms with E-state index in [1.54, 1.807) is 11.1 Å². The molecule has 78 heavy (non-hydrogen) atoms. The molecule has 0 radical (unpaired) electrons. The minimum absolute atomic E-state index is 0.213. The molecule has 6 aliphatic rings. The van der Waals surface area contributed by atoms with Crippen LogP contribution in [0.15, 0.2) is 146 Å². The second kappa shape index (κ2) is 13.6. The smallest absolute Gasteiger partial charge is 0.0162 e. The lowest BCUT2D eigenvalue weighted by Gasteiger charge is -2.36. The van der Waals surface area contributed by atoms with Gasteiger partial charge in [-0.05, 0) is 238 Å². The van der Waals surface area contributed by atoms with E-state index < -0.39 is 0 Å². The van der Waals surface area contributed by atoms with Crippen molar-refractivity contribution in [3.05, 3.63) is 223 Å². The molecule has 0 aliphatic heterocycles. The van der Waals surface area contributed by atoms with Crippen LogP contribution in [-0.4, -0.2) is 0 Å². The van der Waals surface area contributed by atoms with Gasteiger partial charge in [0.25, 0.3) is 0 Å². The van der Waals surface area contributed by atoms with E-state index >= 15 is 0 Å². The molecular weight excluding hydrogens is 937 g/mol. The lowest BCUT2D eigenvalue weighted by atomic mass is 9.66. The van der Waals surface area contributed by atoms with Crippen molar-refractivity contribution in [3.8, 4) is 66.8 Å². The molecule has 0 spiro atoms. The zero-order valence-electron chi connectivity index (χ0n) is 47.9. The van der Waals surface area contributed by atoms with Gasteiger partial charge in [-0.3, -0.25) is 0 Å². The van der Waals surface area contributed by atoms with Crippen LogP contribution in [0.2, 0.25) is 0 Å². The molecule has 0 unspecified atom stereocenters. The maximum absolute atomic E-state index is 2.72. The highest BCUT2D eigenvalue weighted by Crippen LogP contribution is 2.70. The fraction of sp³-hybridized carbons (Fsp3) is 0.256. The minimum atomic E-state index is -0.267. The van der Waals surface area contributed by atoms with Crippen molar-refractivity contribution in [3.63, 3.8) is 0 Å². The van der Waals surface area contributed by atoms with Crippen LogP contribution >= 0.6 is 0 Å². The SMILES string of the molecule is Cc1ccc(-c2cc3c4c(c2)C(C)(C)c2cccc5c6c(c(c-4c25)C3(C)C)C(C)(C)c2cc3c(cc2-6)C(C)(C)c2c4c5c6c(cccc6c2-3)C(C)(C)c2cc(-c3ccc(C)c6ccccc36)cc(c2-5)C4(C)C)c2ccccc12. The summed E-state index contributed by atoms with van der Waals surface area (Å²) in [5.74, 6) is 0. The average molecular weight is 1000 g/mol. The van der Waals surface area contributed by atoms with Crippen LogP contribution in [0.1, 0.15) is 161 Å². The second-order valence-electron chi connectivity index (χ2n) is 28.0. The summed E-state index contributed by atoms with van der Waals surface area (Å²) in [5, 5.41) is 11.1. The topological polar surface area (TPSA) is 0 Å². The summed E-state index contributed by atoms with van der Waals surface area (Å²) in [6.07, 6.45) is 0. The van der Waals surface area contributed by atoms with Crippen LogP contribution in [0.25, 0.3) is 110 Å². The van der Waals surface area contributed by atoms with Crippen LogP contribution in [0.5, 0.6) is 0 Å². The Hall–Kier alpha value is -7.54. The Bertz CT molecular complexity index is 4470. The van der Waals surface area contributed by atoms with Crippen molar-refractivity contribution in [1.29, 1.82) is 0 Å². The third-order valence-electron chi connectivity index (χ3n) is 21.9. The molecule has 0 bridgehead atoms. The molecule has 0 fully saturated rings. The van der Waals surface area contributed by atoms with E-state index in [0.717, 1.165) is 0 Å². The maximum atomic E-state index is 2.72. The van der Waals surface area contributed by atoms with Gasteiger partial charge in [-0.25, -0.2) is 0 Å². The van der Waals surface area contributed by atoms with E-state index in [4.69, 9.17) is 0 Å². The number of benzene rings is 11. The monoisotopic (exact) mass is 1000 g/mol. The Kier molecular flexibility index (Phi) is 7.96. The maximum Gasteiger partial charge on any atom is 0.0162 e. The third-order valence-corrected chi connectivity index (χ3v) is 21.9. The lowest BCUT2D eigenvalue weighted by molar-refractivity contribution is 0.598. The zero-order valence-corrected chi connectivity index (χ0v) is 47.9. The molecule has 0 N–H and O–H groups in total. The Labute approximate surface area is 460 Å². The highest BCUT2D eigenvalue weighted by Gasteiger charge is 2.55. The molecule has 0 heterocycles. The first-order valence-corrected chi connectivity index (χ1v) is 28.9. The molecule has 0 nitrogen and oxygen atoms in total. The summed E-state index contributed by atoms with van der Waals surface area (Å²) in [5.41, 5.74) is 36.2. The van der Waals surface area contributed by atoms with Crippen LogP contribution in [0.4, 0.5) is 0 Å². The quantitative estimate of drug-likeness (QED) is 0.162. The predicted molar refractivity (Wildman–Crippen MR) is 331 cm³/mol. The minimum Gasteiger partial charge on any atom is -0.0616 e.